The summed E-state index contributed by atoms with van der Waals surface area (Å²) in [4.78, 5) is 13.1. The number of unbranched alkanes of at least 4 members (excludes halogenated alkanes) is 2. The molecule has 7 aromatic rings. The highest BCUT2D eigenvalue weighted by atomic mass is 16.6. The molecule has 12 heteroatoms. The lowest BCUT2D eigenvalue weighted by Crippen LogP contribution is -2.33. The van der Waals surface area contributed by atoms with Gasteiger partial charge in [0.15, 0.2) is 11.5 Å². The maximum atomic E-state index is 6.09. The summed E-state index contributed by atoms with van der Waals surface area (Å²) in [6.45, 7) is 22.1. The Balaban J connectivity index is 0.000000237. The fraction of sp³-hybridized carbons (Fsp3) is 0.418. The van der Waals surface area contributed by atoms with E-state index < -0.39 is 0 Å². The van der Waals surface area contributed by atoms with Crippen LogP contribution < -0.4 is 24.8 Å². The minimum Gasteiger partial charge on any atom is -0.493 e. The van der Waals surface area contributed by atoms with Gasteiger partial charge in [-0.25, -0.2) is 4.98 Å². The summed E-state index contributed by atoms with van der Waals surface area (Å²) in [5.74, 6) is 3.77. The molecule has 1 heterocycles. The zero-order valence-electron chi connectivity index (χ0n) is 49.3. The van der Waals surface area contributed by atoms with Crippen LogP contribution in [0.3, 0.4) is 0 Å². The van der Waals surface area contributed by atoms with Crippen LogP contribution in [-0.4, -0.2) is 122 Å². The third kappa shape index (κ3) is 23.3. The molecule has 79 heavy (non-hydrogen) atoms. The second kappa shape index (κ2) is 38.8. The number of imidazole rings is 1. The molecular weight excluding hydrogens is 987 g/mol. The smallest absolute Gasteiger partial charge is 0.203 e. The first-order valence-electron chi connectivity index (χ1n) is 28.2. The summed E-state index contributed by atoms with van der Waals surface area (Å²) < 4.78 is 37.8. The van der Waals surface area contributed by atoms with Crippen molar-refractivity contribution in [2.75, 3.05) is 118 Å². The number of nitrogens with zero attached hydrogens (tertiary/aromatic N) is 3. The Morgan fingerprint density at radius 3 is 1.41 bits per heavy atom. The highest BCUT2D eigenvalue weighted by Crippen LogP contribution is 2.37. The van der Waals surface area contributed by atoms with E-state index >= 15 is 0 Å². The Morgan fingerprint density at radius 1 is 0.481 bits per heavy atom. The van der Waals surface area contributed by atoms with Gasteiger partial charge < -0.3 is 48.8 Å². The number of para-hydroxylation sites is 3. The van der Waals surface area contributed by atoms with E-state index in [0.29, 0.717) is 75.3 Å². The lowest BCUT2D eigenvalue weighted by Gasteiger charge is -2.24. The number of methoxy groups -OCH3 is 4. The number of rotatable bonds is 30. The van der Waals surface area contributed by atoms with E-state index in [1.165, 1.54) is 55.6 Å². The Labute approximate surface area is 474 Å². The van der Waals surface area contributed by atoms with Gasteiger partial charge in [0, 0.05) is 75.0 Å². The molecule has 0 aliphatic heterocycles. The Kier molecular flexibility index (Phi) is 31.9. The SMILES string of the molecule is CC(C)c1cccc(C(C)C)c1N.CCCCN(CCCC)c1ccccc1.COCCN(CCOC)CCOCCOCCOc1c(OC)cccc1OC.c1ccc(-c2nc(-c3ccccc3)c(-c3ccccc3)[nH]2)cc1. The van der Waals surface area contributed by atoms with Gasteiger partial charge in [-0.2, -0.15) is 0 Å². The molecule has 0 aliphatic rings. The van der Waals surface area contributed by atoms with Gasteiger partial charge in [0.25, 0.3) is 0 Å². The summed E-state index contributed by atoms with van der Waals surface area (Å²) >= 11 is 0. The molecule has 0 atom stereocenters. The van der Waals surface area contributed by atoms with Crippen molar-refractivity contribution >= 4 is 11.4 Å². The number of nitrogens with one attached hydrogen (secondary N) is 1. The molecule has 0 amide bonds. The molecule has 0 radical (unpaired) electrons. The molecule has 428 valence electrons. The molecule has 0 spiro atoms. The molecule has 0 aliphatic carbocycles. The highest BCUT2D eigenvalue weighted by Gasteiger charge is 2.16. The molecule has 0 unspecified atom stereocenters. The third-order valence-corrected chi connectivity index (χ3v) is 13.0. The van der Waals surface area contributed by atoms with Crippen molar-refractivity contribution in [3.63, 3.8) is 0 Å². The van der Waals surface area contributed by atoms with Gasteiger partial charge >= 0.3 is 0 Å². The van der Waals surface area contributed by atoms with Crippen LogP contribution in [0, 0.1) is 0 Å². The summed E-state index contributed by atoms with van der Waals surface area (Å²) in [7, 11) is 6.61. The highest BCUT2D eigenvalue weighted by molar-refractivity contribution is 5.81. The average Bonchev–Trinajstić information content (AvgIpc) is 4.01. The topological polar surface area (TPSA) is 126 Å². The predicted octanol–water partition coefficient (Wildman–Crippen LogP) is 14.7. The summed E-state index contributed by atoms with van der Waals surface area (Å²) in [6, 6.07) is 53.5. The zero-order chi connectivity index (χ0) is 56.9. The molecular formula is C67H93N5O7. The van der Waals surface area contributed by atoms with Gasteiger partial charge in [0.1, 0.15) is 12.4 Å². The maximum absolute atomic E-state index is 6.09. The Morgan fingerprint density at radius 2 is 0.924 bits per heavy atom. The number of anilines is 2. The van der Waals surface area contributed by atoms with E-state index in [1.54, 1.807) is 28.4 Å². The van der Waals surface area contributed by atoms with E-state index in [1.807, 2.05) is 72.8 Å². The van der Waals surface area contributed by atoms with E-state index in [2.05, 4.69) is 141 Å². The summed E-state index contributed by atoms with van der Waals surface area (Å²) in [5.41, 5.74) is 16.4. The van der Waals surface area contributed by atoms with Crippen molar-refractivity contribution in [2.24, 2.45) is 0 Å². The zero-order valence-corrected chi connectivity index (χ0v) is 49.3. The van der Waals surface area contributed by atoms with Gasteiger partial charge in [-0.1, -0.05) is 188 Å². The van der Waals surface area contributed by atoms with Crippen LogP contribution in [0.1, 0.15) is 90.2 Å². The number of aromatic nitrogens is 2. The van der Waals surface area contributed by atoms with E-state index in [9.17, 15) is 0 Å². The number of hydrogen-bond donors (Lipinski definition) is 2. The normalized spacial score (nSPS) is 10.8. The minimum absolute atomic E-state index is 0.401. The first-order valence-corrected chi connectivity index (χ1v) is 28.2. The molecule has 3 N–H and O–H groups in total. The molecule has 7 rings (SSSR count). The second-order valence-corrected chi connectivity index (χ2v) is 19.5. The van der Waals surface area contributed by atoms with Gasteiger partial charge in [-0.05, 0) is 60.1 Å². The number of H-pyrrole nitrogens is 1. The predicted molar refractivity (Wildman–Crippen MR) is 329 cm³/mol. The molecule has 6 aromatic carbocycles. The standard InChI is InChI=1S/C21H16N2.C20H35NO7.C14H23N.C12H19N/c1-4-10-16(11-5-1)19-20(17-12-6-2-7-13-17)23-21(22-19)18-14-8-3-9-15-18;1-22-11-8-21(9-12-23-2)10-13-26-14-15-27-16-17-28-20-18(24-3)6-5-7-19(20)25-4;1-3-5-12-15(13-6-4-2)14-10-8-7-9-11-14;1-8(2)10-6-5-7-11(9(3)4)12(10)13/h1-15H,(H,22,23);5-7H,8-17H2,1-4H3;7-11H,3-6,12-13H2,1-2H3;5-9H,13H2,1-4H3. The first kappa shape index (κ1) is 64.9. The van der Waals surface area contributed by atoms with Crippen molar-refractivity contribution in [1.29, 1.82) is 0 Å². The molecule has 0 fully saturated rings. The molecule has 0 bridgehead atoms. The van der Waals surface area contributed by atoms with Gasteiger partial charge in [0.05, 0.1) is 65.2 Å². The van der Waals surface area contributed by atoms with E-state index in [4.69, 9.17) is 43.9 Å². The van der Waals surface area contributed by atoms with Crippen LogP contribution in [0.2, 0.25) is 0 Å². The van der Waals surface area contributed by atoms with Crippen LogP contribution in [0.5, 0.6) is 17.2 Å². The average molecular weight is 1080 g/mol. The quantitative estimate of drug-likeness (QED) is 0.0330. The fourth-order valence-corrected chi connectivity index (χ4v) is 8.49. The van der Waals surface area contributed by atoms with Crippen LogP contribution in [0.25, 0.3) is 33.9 Å². The molecule has 0 saturated heterocycles. The number of nitrogen functional groups attached to an aromatic ring is 1. The van der Waals surface area contributed by atoms with Crippen LogP contribution in [-0.2, 0) is 18.9 Å². The summed E-state index contributed by atoms with van der Waals surface area (Å²) in [5, 5.41) is 0. The van der Waals surface area contributed by atoms with Crippen molar-refractivity contribution in [3.05, 3.63) is 169 Å². The van der Waals surface area contributed by atoms with Crippen molar-refractivity contribution < 1.29 is 33.2 Å². The monoisotopic (exact) mass is 1080 g/mol. The Hall–Kier alpha value is -6.67. The van der Waals surface area contributed by atoms with Crippen LogP contribution in [0.4, 0.5) is 11.4 Å². The number of aromatic amines is 1. The first-order chi connectivity index (χ1) is 38.6. The number of hydrogen-bond acceptors (Lipinski definition) is 11. The molecule has 1 aromatic heterocycles. The lowest BCUT2D eigenvalue weighted by atomic mass is 9.93. The van der Waals surface area contributed by atoms with Crippen molar-refractivity contribution in [3.8, 4) is 51.2 Å². The number of benzene rings is 6. The number of ether oxygens (including phenoxy) is 7. The van der Waals surface area contributed by atoms with Crippen molar-refractivity contribution in [1.82, 2.24) is 14.9 Å². The maximum Gasteiger partial charge on any atom is 0.203 e. The number of nitrogens with two attached hydrogens (primary N) is 1. The lowest BCUT2D eigenvalue weighted by molar-refractivity contribution is 0.0240. The second-order valence-electron chi connectivity index (χ2n) is 19.5. The van der Waals surface area contributed by atoms with Gasteiger partial charge in [0.2, 0.25) is 5.75 Å². The minimum atomic E-state index is 0.401. The molecule has 12 nitrogen and oxygen atoms in total. The van der Waals surface area contributed by atoms with E-state index in [-0.39, 0.29) is 0 Å². The van der Waals surface area contributed by atoms with Gasteiger partial charge in [-0.3, -0.25) is 4.90 Å². The largest absolute Gasteiger partial charge is 0.493 e. The third-order valence-electron chi connectivity index (χ3n) is 13.0. The van der Waals surface area contributed by atoms with Crippen LogP contribution in [0.15, 0.2) is 158 Å². The van der Waals surface area contributed by atoms with Crippen LogP contribution >= 0.6 is 0 Å². The van der Waals surface area contributed by atoms with E-state index in [0.717, 1.165) is 59.2 Å². The van der Waals surface area contributed by atoms with Crippen molar-refractivity contribution in [2.45, 2.75) is 79.1 Å². The molecule has 0 saturated carbocycles. The summed E-state index contributed by atoms with van der Waals surface area (Å²) in [6.07, 6.45) is 5.13. The fourth-order valence-electron chi connectivity index (χ4n) is 8.49. The van der Waals surface area contributed by atoms with Gasteiger partial charge in [-0.15, -0.1) is 0 Å². The Bertz CT molecular complexity index is 2490.